The number of hydrogen-bond donors (Lipinski definition) is 1. The zero-order valence-corrected chi connectivity index (χ0v) is 24.4. The number of carbonyl (C=O) groups is 1. The molecule has 1 saturated carbocycles. The van der Waals surface area contributed by atoms with Crippen LogP contribution in [0, 0.1) is 24.2 Å². The van der Waals surface area contributed by atoms with Crippen molar-refractivity contribution in [2.75, 3.05) is 14.1 Å². The van der Waals surface area contributed by atoms with Crippen molar-refractivity contribution < 1.29 is 6.22 Å². The summed E-state index contributed by atoms with van der Waals surface area (Å²) in [5.41, 5.74) is 7.54. The first kappa shape index (κ1) is 28.5. The van der Waals surface area contributed by atoms with Gasteiger partial charge in [0.05, 0.1) is 0 Å². The second-order valence-electron chi connectivity index (χ2n) is 12.0. The molecule has 3 heteroatoms. The van der Waals surface area contributed by atoms with Crippen LogP contribution in [0.4, 0.5) is 0 Å². The molecule has 5 rings (SSSR count). The number of aryl methyl sites for hydroxylation is 1. The van der Waals surface area contributed by atoms with Crippen molar-refractivity contribution in [2.45, 2.75) is 90.5 Å². The first-order valence-corrected chi connectivity index (χ1v) is 15.0. The van der Waals surface area contributed by atoms with Crippen LogP contribution in [0.5, 0.6) is 0 Å². The maximum Gasteiger partial charge on any atom is 0.220 e. The molecule has 4 aliphatic rings. The van der Waals surface area contributed by atoms with Gasteiger partial charge in [-0.05, 0) is 125 Å². The molecule has 0 spiro atoms. The SMILES string of the molecule is C/C=C(\C=C(\C)N(C)C)C1CCC(C2[CH]C=C(C3CCCc4ccccc43)C=C2)CC1.C[C@@H]1CCC(=O)N1.[HH]. The largest absolute Gasteiger partial charge is 0.381 e. The molecule has 1 radical (unpaired) electrons. The van der Waals surface area contributed by atoms with Crippen molar-refractivity contribution in [2.24, 2.45) is 17.8 Å². The lowest BCUT2D eigenvalue weighted by Crippen LogP contribution is -2.23. The van der Waals surface area contributed by atoms with Crippen LogP contribution in [-0.4, -0.2) is 30.9 Å². The zero-order chi connectivity index (χ0) is 27.1. The van der Waals surface area contributed by atoms with Gasteiger partial charge in [0, 0.05) is 39.6 Å². The number of rotatable bonds is 5. The van der Waals surface area contributed by atoms with E-state index in [0.29, 0.717) is 17.9 Å². The van der Waals surface area contributed by atoms with Crippen LogP contribution in [0.1, 0.15) is 90.6 Å². The Morgan fingerprint density at radius 2 is 1.82 bits per heavy atom. The van der Waals surface area contributed by atoms with Crippen LogP contribution >= 0.6 is 0 Å². The van der Waals surface area contributed by atoms with Crippen LogP contribution in [0.15, 0.2) is 71.5 Å². The van der Waals surface area contributed by atoms with Gasteiger partial charge in [0.2, 0.25) is 5.91 Å². The molecule has 207 valence electrons. The number of benzene rings is 1. The van der Waals surface area contributed by atoms with E-state index in [4.69, 9.17) is 0 Å². The summed E-state index contributed by atoms with van der Waals surface area (Å²) in [5, 5.41) is 2.78. The standard InChI is InChI=1S/C30H40N.C5H9NO.H2/c1-5-23(21-22(2)31(3)4)24-13-15-25(16-14-24)26-17-19-28(20-18-26)30-12-8-10-27-9-6-7-11-29(27)30;1-4-2-3-5(7)6-4;/h5-7,9,11,17-21,24-26,30H,8,10,12-16H2,1-4H3;4H,2-3H2,1H3,(H,6,7);1H/b22-21-,23-5+;;/t;4-;/m.1./s1. The Balaban J connectivity index is 0.000000458. The molecule has 2 unspecified atom stereocenters. The highest BCUT2D eigenvalue weighted by molar-refractivity contribution is 5.78. The molecule has 1 aromatic carbocycles. The fourth-order valence-corrected chi connectivity index (χ4v) is 6.62. The van der Waals surface area contributed by atoms with E-state index in [1.165, 1.54) is 61.8 Å². The molecule has 0 aromatic heterocycles. The lowest BCUT2D eigenvalue weighted by Gasteiger charge is -2.35. The zero-order valence-electron chi connectivity index (χ0n) is 24.4. The van der Waals surface area contributed by atoms with Gasteiger partial charge in [0.25, 0.3) is 0 Å². The van der Waals surface area contributed by atoms with E-state index in [1.807, 2.05) is 6.92 Å². The molecule has 38 heavy (non-hydrogen) atoms. The molecule has 3 aliphatic carbocycles. The van der Waals surface area contributed by atoms with E-state index in [9.17, 15) is 4.79 Å². The predicted molar refractivity (Wildman–Crippen MR) is 163 cm³/mol. The van der Waals surface area contributed by atoms with Crippen LogP contribution in [0.25, 0.3) is 0 Å². The third-order valence-electron chi connectivity index (χ3n) is 9.21. The summed E-state index contributed by atoms with van der Waals surface area (Å²) in [6, 6.07) is 9.51. The van der Waals surface area contributed by atoms with Crippen LogP contribution in [-0.2, 0) is 11.2 Å². The van der Waals surface area contributed by atoms with Gasteiger partial charge in [0.15, 0.2) is 0 Å². The van der Waals surface area contributed by atoms with Crippen molar-refractivity contribution in [1.29, 1.82) is 0 Å². The Morgan fingerprint density at radius 1 is 1.05 bits per heavy atom. The average Bonchev–Trinajstić information content (AvgIpc) is 3.33. The number of allylic oxidation sites excluding steroid dienone is 8. The number of carbonyl (C=O) groups excluding carboxylic acids is 1. The average molecular weight is 516 g/mol. The molecule has 3 nitrogen and oxygen atoms in total. The maximum atomic E-state index is 10.3. The van der Waals surface area contributed by atoms with Crippen LogP contribution in [0.3, 0.4) is 0 Å². The van der Waals surface area contributed by atoms with Crippen molar-refractivity contribution >= 4 is 5.91 Å². The number of nitrogens with one attached hydrogen (secondary N) is 1. The Hall–Kier alpha value is -2.55. The summed E-state index contributed by atoms with van der Waals surface area (Å²) in [7, 11) is 4.27. The minimum atomic E-state index is 0. The molecule has 1 aromatic rings. The van der Waals surface area contributed by atoms with E-state index >= 15 is 0 Å². The number of hydrogen-bond acceptors (Lipinski definition) is 2. The van der Waals surface area contributed by atoms with E-state index in [-0.39, 0.29) is 7.33 Å². The van der Waals surface area contributed by atoms with Gasteiger partial charge in [-0.1, -0.05) is 48.6 Å². The smallest absolute Gasteiger partial charge is 0.220 e. The second-order valence-corrected chi connectivity index (χ2v) is 12.0. The summed E-state index contributed by atoms with van der Waals surface area (Å²) < 4.78 is 0. The molecule has 3 atom stereocenters. The van der Waals surface area contributed by atoms with Gasteiger partial charge in [-0.15, -0.1) is 0 Å². The maximum absolute atomic E-state index is 10.3. The number of nitrogens with zero attached hydrogens (tertiary/aromatic N) is 1. The molecule has 2 fully saturated rings. The summed E-state index contributed by atoms with van der Waals surface area (Å²) in [6.45, 7) is 6.44. The van der Waals surface area contributed by atoms with Gasteiger partial charge >= 0.3 is 0 Å². The van der Waals surface area contributed by atoms with Gasteiger partial charge in [-0.2, -0.15) is 0 Å². The summed E-state index contributed by atoms with van der Waals surface area (Å²) in [5.74, 6) is 2.96. The second kappa shape index (κ2) is 13.5. The number of amides is 1. The van der Waals surface area contributed by atoms with Crippen LogP contribution in [0.2, 0.25) is 0 Å². The van der Waals surface area contributed by atoms with E-state index in [2.05, 4.69) is 99.2 Å². The highest BCUT2D eigenvalue weighted by Crippen LogP contribution is 2.43. The fraction of sp³-hybridized carbons (Fsp3) is 0.543. The highest BCUT2D eigenvalue weighted by Gasteiger charge is 2.30. The normalized spacial score (nSPS) is 29.6. The van der Waals surface area contributed by atoms with Gasteiger partial charge in [0.1, 0.15) is 0 Å². The third kappa shape index (κ3) is 7.30. The molecule has 1 amide bonds. The summed E-state index contributed by atoms with van der Waals surface area (Å²) >= 11 is 0. The quantitative estimate of drug-likeness (QED) is 0.401. The molecular weight excluding hydrogens is 464 g/mol. The molecule has 1 N–H and O–H groups in total. The van der Waals surface area contributed by atoms with Gasteiger partial charge in [-0.3, -0.25) is 4.79 Å². The Bertz CT molecular complexity index is 1070. The Kier molecular flexibility index (Phi) is 10.1. The minimum absolute atomic E-state index is 0. The van der Waals surface area contributed by atoms with Crippen molar-refractivity contribution in [3.63, 3.8) is 0 Å². The lowest BCUT2D eigenvalue weighted by atomic mass is 9.70. The fourth-order valence-electron chi connectivity index (χ4n) is 6.62. The Morgan fingerprint density at radius 3 is 2.39 bits per heavy atom. The summed E-state index contributed by atoms with van der Waals surface area (Å²) in [4.78, 5) is 12.6. The highest BCUT2D eigenvalue weighted by atomic mass is 16.1. The van der Waals surface area contributed by atoms with E-state index < -0.39 is 0 Å². The van der Waals surface area contributed by atoms with Crippen molar-refractivity contribution in [3.8, 4) is 0 Å². The van der Waals surface area contributed by atoms with Gasteiger partial charge in [-0.25, -0.2) is 0 Å². The van der Waals surface area contributed by atoms with Crippen LogP contribution < -0.4 is 5.32 Å². The number of fused-ring (bicyclic) bond motifs is 1. The molecule has 1 saturated heterocycles. The lowest BCUT2D eigenvalue weighted by molar-refractivity contribution is -0.119. The Labute approximate surface area is 233 Å². The first-order valence-electron chi connectivity index (χ1n) is 15.0. The molecular formula is C35H51N2O. The predicted octanol–water partition coefficient (Wildman–Crippen LogP) is 8.17. The molecule has 1 heterocycles. The molecule has 1 aliphatic heterocycles. The first-order chi connectivity index (χ1) is 18.4. The monoisotopic (exact) mass is 515 g/mol. The van der Waals surface area contributed by atoms with Crippen molar-refractivity contribution in [3.05, 3.63) is 89.0 Å². The van der Waals surface area contributed by atoms with Gasteiger partial charge < -0.3 is 10.2 Å². The minimum Gasteiger partial charge on any atom is -0.381 e. The van der Waals surface area contributed by atoms with Crippen molar-refractivity contribution in [1.82, 2.24) is 10.2 Å². The third-order valence-corrected chi connectivity index (χ3v) is 9.21. The van der Waals surface area contributed by atoms with E-state index in [1.54, 1.807) is 11.1 Å². The van der Waals surface area contributed by atoms with E-state index in [0.717, 1.165) is 24.7 Å². The molecule has 0 bridgehead atoms. The topological polar surface area (TPSA) is 32.3 Å². The summed E-state index contributed by atoms with van der Waals surface area (Å²) in [6.07, 6.45) is 25.6.